The van der Waals surface area contributed by atoms with Crippen molar-refractivity contribution in [2.24, 2.45) is 0 Å². The van der Waals surface area contributed by atoms with E-state index in [-0.39, 0.29) is 23.5 Å². The molecule has 0 saturated carbocycles. The third kappa shape index (κ3) is 5.18. The van der Waals surface area contributed by atoms with Gasteiger partial charge in [-0.05, 0) is 69.0 Å². The van der Waals surface area contributed by atoms with Gasteiger partial charge in [-0.2, -0.15) is 0 Å². The molecule has 5 nitrogen and oxygen atoms in total. The van der Waals surface area contributed by atoms with Crippen LogP contribution in [0.15, 0.2) is 59.1 Å². The van der Waals surface area contributed by atoms with Gasteiger partial charge in [-0.25, -0.2) is 4.39 Å². The van der Waals surface area contributed by atoms with Crippen molar-refractivity contribution in [3.8, 4) is 11.3 Å². The first-order valence-corrected chi connectivity index (χ1v) is 9.24. The first kappa shape index (κ1) is 20.0. The van der Waals surface area contributed by atoms with Gasteiger partial charge in [-0.15, -0.1) is 0 Å². The summed E-state index contributed by atoms with van der Waals surface area (Å²) < 4.78 is 18.3. The van der Waals surface area contributed by atoms with Gasteiger partial charge in [0.25, 0.3) is 5.91 Å². The van der Waals surface area contributed by atoms with Gasteiger partial charge < -0.3 is 14.7 Å². The van der Waals surface area contributed by atoms with Crippen molar-refractivity contribution in [1.29, 1.82) is 0 Å². The number of carbonyl (C=O) groups excluding carboxylic acids is 1. The first-order valence-electron chi connectivity index (χ1n) is 8.86. The Morgan fingerprint density at radius 2 is 1.86 bits per heavy atom. The average molecular weight is 402 g/mol. The second-order valence-corrected chi connectivity index (χ2v) is 7.19. The molecule has 1 heterocycles. The molecule has 0 fully saturated rings. The van der Waals surface area contributed by atoms with Crippen LogP contribution in [0.3, 0.4) is 0 Å². The Labute approximate surface area is 168 Å². The minimum Gasteiger partial charge on any atom is -0.355 e. The van der Waals surface area contributed by atoms with Crippen molar-refractivity contribution in [3.05, 3.63) is 76.7 Å². The van der Waals surface area contributed by atoms with E-state index in [9.17, 15) is 9.18 Å². The largest absolute Gasteiger partial charge is 0.355 e. The summed E-state index contributed by atoms with van der Waals surface area (Å²) in [6.45, 7) is 0.799. The van der Waals surface area contributed by atoms with Gasteiger partial charge >= 0.3 is 0 Å². The van der Waals surface area contributed by atoms with Crippen LogP contribution in [0.25, 0.3) is 11.3 Å². The topological polar surface area (TPSA) is 58.4 Å². The summed E-state index contributed by atoms with van der Waals surface area (Å²) in [7, 11) is 3.96. The van der Waals surface area contributed by atoms with Crippen molar-refractivity contribution in [1.82, 2.24) is 15.4 Å². The molecule has 0 bridgehead atoms. The number of benzene rings is 2. The summed E-state index contributed by atoms with van der Waals surface area (Å²) in [5.41, 5.74) is 1.78. The predicted molar refractivity (Wildman–Crippen MR) is 107 cm³/mol. The fourth-order valence-electron chi connectivity index (χ4n) is 2.77. The molecule has 0 aliphatic heterocycles. The minimum atomic E-state index is -0.340. The summed E-state index contributed by atoms with van der Waals surface area (Å²) in [6, 6.07) is 14.6. The lowest BCUT2D eigenvalue weighted by Crippen LogP contribution is -2.31. The van der Waals surface area contributed by atoms with Gasteiger partial charge in [0.2, 0.25) is 0 Å². The van der Waals surface area contributed by atoms with Crippen LogP contribution in [0, 0.1) is 5.82 Å². The molecule has 0 saturated heterocycles. The Hall–Kier alpha value is -2.70. The molecular weight excluding hydrogens is 381 g/mol. The fourth-order valence-corrected chi connectivity index (χ4v) is 2.90. The molecule has 0 spiro atoms. The lowest BCUT2D eigenvalue weighted by Gasteiger charge is -2.21. The van der Waals surface area contributed by atoms with Crippen LogP contribution >= 0.6 is 11.6 Å². The Bertz CT molecular complexity index is 924. The molecule has 1 aromatic heterocycles. The van der Waals surface area contributed by atoms with Gasteiger partial charge in [0.15, 0.2) is 11.5 Å². The number of carbonyl (C=O) groups is 1. The maximum absolute atomic E-state index is 13.1. The molecule has 0 aliphatic rings. The Balaban J connectivity index is 1.75. The highest BCUT2D eigenvalue weighted by Crippen LogP contribution is 2.23. The fraction of sp³-hybridized carbons (Fsp3) is 0.238. The van der Waals surface area contributed by atoms with E-state index in [2.05, 4.69) is 15.4 Å². The van der Waals surface area contributed by atoms with Crippen LogP contribution in [-0.4, -0.2) is 36.6 Å². The lowest BCUT2D eigenvalue weighted by atomic mass is 10.0. The second kappa shape index (κ2) is 8.99. The average Bonchev–Trinajstić information content (AvgIpc) is 3.16. The van der Waals surface area contributed by atoms with Crippen LogP contribution in [0.2, 0.25) is 5.02 Å². The number of aromatic nitrogens is 1. The third-order valence-electron chi connectivity index (χ3n) is 4.31. The van der Waals surface area contributed by atoms with E-state index in [1.807, 2.05) is 26.2 Å². The molecular formula is C21H21ClFN3O2. The highest BCUT2D eigenvalue weighted by Gasteiger charge is 2.19. The van der Waals surface area contributed by atoms with Gasteiger partial charge in [0.05, 0.1) is 6.04 Å². The van der Waals surface area contributed by atoms with E-state index in [0.29, 0.717) is 16.3 Å². The van der Waals surface area contributed by atoms with E-state index < -0.39 is 0 Å². The number of hydrogen-bond acceptors (Lipinski definition) is 4. The first-order chi connectivity index (χ1) is 13.4. The molecule has 3 rings (SSSR count). The summed E-state index contributed by atoms with van der Waals surface area (Å²) in [4.78, 5) is 14.8. The maximum atomic E-state index is 13.1. The molecule has 1 atom stereocenters. The number of hydrogen-bond donors (Lipinski definition) is 1. The van der Waals surface area contributed by atoms with Crippen LogP contribution in [0.5, 0.6) is 0 Å². The summed E-state index contributed by atoms with van der Waals surface area (Å²) in [5, 5.41) is 7.51. The standard InChI is InChI=1S/C21H21ClFN3O2/c1-26(2)12-11-18(14-3-7-16(22)8-4-14)24-21(27)19-13-20(28-25-19)15-5-9-17(23)10-6-15/h3-10,13,18H,11-12H2,1-2H3,(H,24,27). The smallest absolute Gasteiger partial charge is 0.273 e. The zero-order valence-electron chi connectivity index (χ0n) is 15.7. The van der Waals surface area contributed by atoms with Crippen molar-refractivity contribution >= 4 is 17.5 Å². The Morgan fingerprint density at radius 3 is 2.50 bits per heavy atom. The number of nitrogens with zero attached hydrogens (tertiary/aromatic N) is 2. The molecule has 0 aliphatic carbocycles. The van der Waals surface area contributed by atoms with E-state index in [1.165, 1.54) is 12.1 Å². The molecule has 7 heteroatoms. The SMILES string of the molecule is CN(C)CCC(NC(=O)c1cc(-c2ccc(F)cc2)on1)c1ccc(Cl)cc1. The number of rotatable bonds is 7. The molecule has 1 unspecified atom stereocenters. The Kier molecular flexibility index (Phi) is 6.44. The molecule has 1 N–H and O–H groups in total. The van der Waals surface area contributed by atoms with Gasteiger partial charge in [0.1, 0.15) is 5.82 Å². The van der Waals surface area contributed by atoms with E-state index in [1.54, 1.807) is 30.3 Å². The monoisotopic (exact) mass is 401 g/mol. The summed E-state index contributed by atoms with van der Waals surface area (Å²) in [5.74, 6) is -0.273. The highest BCUT2D eigenvalue weighted by molar-refractivity contribution is 6.30. The van der Waals surface area contributed by atoms with E-state index in [4.69, 9.17) is 16.1 Å². The molecule has 1 amide bonds. The van der Waals surface area contributed by atoms with Gasteiger partial charge in [-0.3, -0.25) is 4.79 Å². The minimum absolute atomic E-state index is 0.170. The molecule has 2 aromatic carbocycles. The normalized spacial score (nSPS) is 12.2. The van der Waals surface area contributed by atoms with Crippen molar-refractivity contribution < 1.29 is 13.7 Å². The second-order valence-electron chi connectivity index (χ2n) is 6.75. The molecule has 146 valence electrons. The van der Waals surface area contributed by atoms with E-state index in [0.717, 1.165) is 18.5 Å². The molecule has 3 aromatic rings. The summed E-state index contributed by atoms with van der Waals surface area (Å²) in [6.07, 6.45) is 0.725. The molecule has 28 heavy (non-hydrogen) atoms. The summed E-state index contributed by atoms with van der Waals surface area (Å²) >= 11 is 5.97. The zero-order chi connectivity index (χ0) is 20.1. The number of amides is 1. The van der Waals surface area contributed by atoms with Crippen LogP contribution in [-0.2, 0) is 0 Å². The number of halogens is 2. The number of nitrogens with one attached hydrogen (secondary N) is 1. The lowest BCUT2D eigenvalue weighted by molar-refractivity contribution is 0.0923. The van der Waals surface area contributed by atoms with Crippen molar-refractivity contribution in [3.63, 3.8) is 0 Å². The molecule has 0 radical (unpaired) electrons. The van der Waals surface area contributed by atoms with Crippen molar-refractivity contribution in [2.75, 3.05) is 20.6 Å². The van der Waals surface area contributed by atoms with E-state index >= 15 is 0 Å². The maximum Gasteiger partial charge on any atom is 0.273 e. The Morgan fingerprint density at radius 1 is 1.18 bits per heavy atom. The quantitative estimate of drug-likeness (QED) is 0.630. The van der Waals surface area contributed by atoms with Gasteiger partial charge in [-0.1, -0.05) is 28.9 Å². The zero-order valence-corrected chi connectivity index (χ0v) is 16.4. The highest BCUT2D eigenvalue weighted by atomic mass is 35.5. The van der Waals surface area contributed by atoms with Crippen LogP contribution < -0.4 is 5.32 Å². The van der Waals surface area contributed by atoms with Crippen molar-refractivity contribution in [2.45, 2.75) is 12.5 Å². The van der Waals surface area contributed by atoms with Crippen LogP contribution in [0.1, 0.15) is 28.5 Å². The van der Waals surface area contributed by atoms with Crippen LogP contribution in [0.4, 0.5) is 4.39 Å². The third-order valence-corrected chi connectivity index (χ3v) is 4.57. The predicted octanol–water partition coefficient (Wildman–Crippen LogP) is 4.56. The van der Waals surface area contributed by atoms with Gasteiger partial charge in [0, 0.05) is 16.7 Å².